The van der Waals surface area contributed by atoms with Crippen LogP contribution in [0, 0.1) is 5.82 Å². The first kappa shape index (κ1) is 17.7. The van der Waals surface area contributed by atoms with Crippen molar-refractivity contribution >= 4 is 23.6 Å². The van der Waals surface area contributed by atoms with Gasteiger partial charge >= 0.3 is 0 Å². The van der Waals surface area contributed by atoms with E-state index in [4.69, 9.17) is 4.74 Å². The third-order valence-corrected chi connectivity index (χ3v) is 3.93. The highest BCUT2D eigenvalue weighted by Gasteiger charge is 2.23. The van der Waals surface area contributed by atoms with Crippen molar-refractivity contribution in [2.45, 2.75) is 18.9 Å². The van der Waals surface area contributed by atoms with Crippen molar-refractivity contribution in [1.29, 1.82) is 0 Å². The van der Waals surface area contributed by atoms with Crippen LogP contribution in [0.1, 0.15) is 28.8 Å². The predicted octanol–water partition coefficient (Wildman–Crippen LogP) is 3.38. The number of carbonyl (C=O) groups excluding carboxylic acids is 2. The fourth-order valence-corrected chi connectivity index (χ4v) is 2.34. The summed E-state index contributed by atoms with van der Waals surface area (Å²) >= 11 is 0. The minimum absolute atomic E-state index is 0.105. The van der Waals surface area contributed by atoms with Gasteiger partial charge in [-0.3, -0.25) is 9.59 Å². The van der Waals surface area contributed by atoms with Gasteiger partial charge in [-0.2, -0.15) is 0 Å². The van der Waals surface area contributed by atoms with Gasteiger partial charge in [-0.15, -0.1) is 0 Å². The van der Waals surface area contributed by atoms with E-state index in [1.807, 2.05) is 0 Å². The number of ether oxygens (including phenoxy) is 1. The first-order valence-electron chi connectivity index (χ1n) is 8.28. The highest BCUT2D eigenvalue weighted by atomic mass is 19.1. The van der Waals surface area contributed by atoms with Gasteiger partial charge < -0.3 is 15.4 Å². The van der Waals surface area contributed by atoms with Gasteiger partial charge in [0.05, 0.1) is 7.11 Å². The van der Waals surface area contributed by atoms with E-state index in [2.05, 4.69) is 10.6 Å². The van der Waals surface area contributed by atoms with E-state index in [-0.39, 0.29) is 17.6 Å². The summed E-state index contributed by atoms with van der Waals surface area (Å²) in [5.74, 6) is -0.796. The summed E-state index contributed by atoms with van der Waals surface area (Å²) in [7, 11) is 1.39. The lowest BCUT2D eigenvalue weighted by molar-refractivity contribution is -0.111. The lowest BCUT2D eigenvalue weighted by Gasteiger charge is -2.06. The number of rotatable bonds is 6. The molecule has 0 aromatic heterocycles. The Bertz CT molecular complexity index is 843. The average molecular weight is 354 g/mol. The average Bonchev–Trinajstić information content (AvgIpc) is 3.44. The Morgan fingerprint density at radius 1 is 1.15 bits per heavy atom. The maximum atomic E-state index is 13.6. The summed E-state index contributed by atoms with van der Waals surface area (Å²) in [4.78, 5) is 23.9. The van der Waals surface area contributed by atoms with Gasteiger partial charge in [-0.05, 0) is 60.9 Å². The molecule has 2 aromatic rings. The molecule has 2 amide bonds. The van der Waals surface area contributed by atoms with E-state index < -0.39 is 5.82 Å². The number of anilines is 1. The second-order valence-corrected chi connectivity index (χ2v) is 6.04. The molecule has 0 unspecified atom stereocenters. The number of amides is 2. The first-order valence-corrected chi connectivity index (χ1v) is 8.28. The molecule has 6 heteroatoms. The van der Waals surface area contributed by atoms with E-state index in [0.29, 0.717) is 22.9 Å². The van der Waals surface area contributed by atoms with Crippen LogP contribution in [0.4, 0.5) is 10.1 Å². The van der Waals surface area contributed by atoms with E-state index in [1.54, 1.807) is 30.3 Å². The monoisotopic (exact) mass is 354 g/mol. The number of halogens is 1. The Balaban J connectivity index is 1.57. The molecular formula is C20H19FN2O3. The molecule has 0 aliphatic heterocycles. The van der Waals surface area contributed by atoms with Gasteiger partial charge in [0.15, 0.2) is 11.6 Å². The fraction of sp³-hybridized carbons (Fsp3) is 0.200. The Hall–Kier alpha value is -3.15. The van der Waals surface area contributed by atoms with Crippen molar-refractivity contribution in [2.75, 3.05) is 12.4 Å². The maximum Gasteiger partial charge on any atom is 0.251 e. The molecule has 1 saturated carbocycles. The molecule has 2 N–H and O–H groups in total. The zero-order chi connectivity index (χ0) is 18.5. The quantitative estimate of drug-likeness (QED) is 0.782. The van der Waals surface area contributed by atoms with Crippen molar-refractivity contribution in [3.05, 3.63) is 65.5 Å². The zero-order valence-corrected chi connectivity index (χ0v) is 14.3. The van der Waals surface area contributed by atoms with Crippen LogP contribution in [0.2, 0.25) is 0 Å². The molecule has 1 fully saturated rings. The van der Waals surface area contributed by atoms with Gasteiger partial charge in [0, 0.05) is 23.4 Å². The van der Waals surface area contributed by atoms with Crippen LogP contribution < -0.4 is 15.4 Å². The minimum Gasteiger partial charge on any atom is -0.494 e. The summed E-state index contributed by atoms with van der Waals surface area (Å²) in [5, 5.41) is 5.60. The molecule has 5 nitrogen and oxygen atoms in total. The smallest absolute Gasteiger partial charge is 0.251 e. The maximum absolute atomic E-state index is 13.6. The molecule has 0 bridgehead atoms. The molecule has 0 atom stereocenters. The normalized spacial score (nSPS) is 13.5. The third-order valence-electron chi connectivity index (χ3n) is 3.93. The molecule has 1 aliphatic rings. The van der Waals surface area contributed by atoms with Crippen molar-refractivity contribution in [3.63, 3.8) is 0 Å². The summed E-state index contributed by atoms with van der Waals surface area (Å²) in [5.41, 5.74) is 1.67. The number of benzene rings is 2. The van der Waals surface area contributed by atoms with Crippen molar-refractivity contribution in [1.82, 2.24) is 5.32 Å². The number of hydrogen-bond acceptors (Lipinski definition) is 3. The Kier molecular flexibility index (Phi) is 5.31. The van der Waals surface area contributed by atoms with E-state index in [9.17, 15) is 14.0 Å². The van der Waals surface area contributed by atoms with Gasteiger partial charge in [-0.1, -0.05) is 6.07 Å². The molecule has 3 rings (SSSR count). The van der Waals surface area contributed by atoms with E-state index in [1.165, 1.54) is 31.4 Å². The van der Waals surface area contributed by atoms with Gasteiger partial charge in [0.1, 0.15) is 0 Å². The first-order chi connectivity index (χ1) is 12.5. The van der Waals surface area contributed by atoms with Crippen molar-refractivity contribution in [2.24, 2.45) is 0 Å². The predicted molar refractivity (Wildman–Crippen MR) is 97.5 cm³/mol. The summed E-state index contributed by atoms with van der Waals surface area (Å²) in [6.07, 6.45) is 4.89. The molecule has 1 aliphatic carbocycles. The molecule has 0 heterocycles. The van der Waals surface area contributed by atoms with E-state index >= 15 is 0 Å². The number of nitrogens with one attached hydrogen (secondary N) is 2. The van der Waals surface area contributed by atoms with Crippen LogP contribution >= 0.6 is 0 Å². The largest absolute Gasteiger partial charge is 0.494 e. The van der Waals surface area contributed by atoms with Crippen LogP contribution in [-0.2, 0) is 4.79 Å². The number of carbonyl (C=O) groups is 2. The Morgan fingerprint density at radius 3 is 2.50 bits per heavy atom. The lowest BCUT2D eigenvalue weighted by atomic mass is 10.2. The second kappa shape index (κ2) is 7.82. The third kappa shape index (κ3) is 4.69. The molecular weight excluding hydrogens is 335 g/mol. The van der Waals surface area contributed by atoms with Gasteiger partial charge in [-0.25, -0.2) is 4.39 Å². The van der Waals surface area contributed by atoms with Gasteiger partial charge in [0.2, 0.25) is 5.91 Å². The molecule has 2 aromatic carbocycles. The van der Waals surface area contributed by atoms with E-state index in [0.717, 1.165) is 12.8 Å². The molecule has 134 valence electrons. The zero-order valence-electron chi connectivity index (χ0n) is 14.3. The van der Waals surface area contributed by atoms with Crippen LogP contribution in [0.3, 0.4) is 0 Å². The van der Waals surface area contributed by atoms with Crippen LogP contribution in [0.25, 0.3) is 6.08 Å². The summed E-state index contributed by atoms with van der Waals surface area (Å²) < 4.78 is 18.5. The standard InChI is InChI=1S/C20H19FN2O3/c1-26-18-10-2-13(12-17(18)21)3-11-19(24)22-15-6-4-14(5-7-15)20(25)23-16-8-9-16/h2-7,10-12,16H,8-9H2,1H3,(H,22,24)(H,23,25)/b11-3+. The lowest BCUT2D eigenvalue weighted by Crippen LogP contribution is -2.25. The highest BCUT2D eigenvalue weighted by Crippen LogP contribution is 2.20. The number of methoxy groups -OCH3 is 1. The number of hydrogen-bond donors (Lipinski definition) is 2. The Labute approximate surface area is 150 Å². The highest BCUT2D eigenvalue weighted by molar-refractivity contribution is 6.02. The molecule has 0 saturated heterocycles. The summed E-state index contributed by atoms with van der Waals surface area (Å²) in [6.45, 7) is 0. The SMILES string of the molecule is COc1ccc(/C=C/C(=O)Nc2ccc(C(=O)NC3CC3)cc2)cc1F. The van der Waals surface area contributed by atoms with Crippen molar-refractivity contribution in [3.8, 4) is 5.75 Å². The van der Waals surface area contributed by atoms with Crippen molar-refractivity contribution < 1.29 is 18.7 Å². The minimum atomic E-state index is -0.491. The van der Waals surface area contributed by atoms with Crippen LogP contribution in [-0.4, -0.2) is 25.0 Å². The second-order valence-electron chi connectivity index (χ2n) is 6.04. The van der Waals surface area contributed by atoms with Gasteiger partial charge in [0.25, 0.3) is 5.91 Å². The summed E-state index contributed by atoms with van der Waals surface area (Å²) in [6, 6.07) is 11.4. The fourth-order valence-electron chi connectivity index (χ4n) is 2.34. The molecule has 0 spiro atoms. The topological polar surface area (TPSA) is 67.4 Å². The molecule has 26 heavy (non-hydrogen) atoms. The molecule has 0 radical (unpaired) electrons. The Morgan fingerprint density at radius 2 is 1.88 bits per heavy atom. The van der Waals surface area contributed by atoms with Crippen LogP contribution in [0.15, 0.2) is 48.5 Å². The van der Waals surface area contributed by atoms with Crippen LogP contribution in [0.5, 0.6) is 5.75 Å².